The van der Waals surface area contributed by atoms with Gasteiger partial charge in [0.05, 0.1) is 25.2 Å². The fourth-order valence-electron chi connectivity index (χ4n) is 1.46. The van der Waals surface area contributed by atoms with Crippen molar-refractivity contribution in [3.8, 4) is 0 Å². The first-order valence-electron chi connectivity index (χ1n) is 5.93. The lowest BCUT2D eigenvalue weighted by molar-refractivity contribution is -0.134. The zero-order valence-corrected chi connectivity index (χ0v) is 11.7. The third kappa shape index (κ3) is 4.62. The average Bonchev–Trinajstić information content (AvgIpc) is 2.13. The summed E-state index contributed by atoms with van der Waals surface area (Å²) in [6.45, 7) is 11.4. The molecule has 1 rings (SSSR count). The van der Waals surface area contributed by atoms with Gasteiger partial charge in [-0.15, -0.1) is 0 Å². The van der Waals surface area contributed by atoms with E-state index < -0.39 is 0 Å². The summed E-state index contributed by atoms with van der Waals surface area (Å²) in [5, 5.41) is 12.8. The number of nitrogens with one attached hydrogen (secondary N) is 1. The van der Waals surface area contributed by atoms with E-state index in [1.54, 1.807) is 0 Å². The lowest BCUT2D eigenvalue weighted by Crippen LogP contribution is -2.53. The number of aliphatic hydroxyl groups is 1. The zero-order valence-electron chi connectivity index (χ0n) is 10.9. The van der Waals surface area contributed by atoms with Crippen LogP contribution >= 0.6 is 11.8 Å². The van der Waals surface area contributed by atoms with Crippen LogP contribution in [0, 0.1) is 5.41 Å². The Morgan fingerprint density at radius 3 is 2.44 bits per heavy atom. The van der Waals surface area contributed by atoms with E-state index in [-0.39, 0.29) is 12.0 Å². The van der Waals surface area contributed by atoms with Crippen LogP contribution in [0.15, 0.2) is 0 Å². The molecule has 0 radical (unpaired) electrons. The van der Waals surface area contributed by atoms with Crippen LogP contribution in [-0.4, -0.2) is 48.0 Å². The molecule has 1 unspecified atom stereocenters. The van der Waals surface area contributed by atoms with E-state index in [1.807, 2.05) is 11.8 Å². The number of aliphatic hydroxyl groups excluding tert-OH is 1. The summed E-state index contributed by atoms with van der Waals surface area (Å²) < 4.78 is 5.49. The lowest BCUT2D eigenvalue weighted by atomic mass is 9.87. The second-order valence-electron chi connectivity index (χ2n) is 5.86. The maximum atomic E-state index is 9.28. The van der Waals surface area contributed by atoms with Crippen molar-refractivity contribution >= 4 is 11.8 Å². The maximum absolute atomic E-state index is 9.28. The second-order valence-corrected chi connectivity index (χ2v) is 7.70. The quantitative estimate of drug-likeness (QED) is 0.746. The highest BCUT2D eigenvalue weighted by atomic mass is 32.2. The van der Waals surface area contributed by atoms with Crippen LogP contribution in [0.5, 0.6) is 0 Å². The van der Waals surface area contributed by atoms with Crippen molar-refractivity contribution in [1.29, 1.82) is 0 Å². The molecule has 96 valence electrons. The van der Waals surface area contributed by atoms with Crippen LogP contribution in [0.25, 0.3) is 0 Å². The Morgan fingerprint density at radius 2 is 2.06 bits per heavy atom. The molecular weight excluding hydrogens is 222 g/mol. The molecular formula is C12H25NO2S. The highest BCUT2D eigenvalue weighted by Crippen LogP contribution is 2.27. The van der Waals surface area contributed by atoms with Crippen LogP contribution in [0.4, 0.5) is 0 Å². The molecule has 1 aliphatic heterocycles. The van der Waals surface area contributed by atoms with Crippen LogP contribution in [0.1, 0.15) is 27.7 Å². The molecule has 0 aromatic carbocycles. The van der Waals surface area contributed by atoms with Crippen molar-refractivity contribution in [2.45, 2.75) is 38.5 Å². The molecule has 2 N–H and O–H groups in total. The highest BCUT2D eigenvalue weighted by Gasteiger charge is 2.37. The van der Waals surface area contributed by atoms with Crippen LogP contribution in [-0.2, 0) is 4.74 Å². The molecule has 1 heterocycles. The van der Waals surface area contributed by atoms with Gasteiger partial charge >= 0.3 is 0 Å². The first kappa shape index (κ1) is 14.3. The molecule has 1 aliphatic rings. The van der Waals surface area contributed by atoms with E-state index in [9.17, 15) is 5.11 Å². The maximum Gasteiger partial charge on any atom is 0.0579 e. The van der Waals surface area contributed by atoms with E-state index in [4.69, 9.17) is 4.74 Å². The summed E-state index contributed by atoms with van der Waals surface area (Å²) in [5.74, 6) is 1.10. The van der Waals surface area contributed by atoms with Crippen molar-refractivity contribution in [3.63, 3.8) is 0 Å². The number of ether oxygens (including phenoxy) is 1. The Bertz CT molecular complexity index is 206. The monoisotopic (exact) mass is 247 g/mol. The fraction of sp³-hybridized carbons (Fsp3) is 1.00. The summed E-state index contributed by atoms with van der Waals surface area (Å²) in [4.78, 5) is 0. The van der Waals surface area contributed by atoms with Crippen molar-refractivity contribution in [1.82, 2.24) is 5.32 Å². The van der Waals surface area contributed by atoms with E-state index >= 15 is 0 Å². The summed E-state index contributed by atoms with van der Waals surface area (Å²) in [7, 11) is 0. The van der Waals surface area contributed by atoms with Crippen molar-refractivity contribution < 1.29 is 9.84 Å². The Kier molecular flexibility index (Phi) is 5.10. The topological polar surface area (TPSA) is 41.5 Å². The molecule has 1 fully saturated rings. The van der Waals surface area contributed by atoms with Gasteiger partial charge in [-0.2, -0.15) is 11.8 Å². The summed E-state index contributed by atoms with van der Waals surface area (Å²) >= 11 is 1.97. The summed E-state index contributed by atoms with van der Waals surface area (Å²) in [5.41, 5.74) is -0.0132. The Hall–Kier alpha value is 0.230. The number of hydrogen-bond donors (Lipinski definition) is 2. The van der Waals surface area contributed by atoms with Gasteiger partial charge in [-0.05, 0) is 6.92 Å². The SMILES string of the molecule is CC(CSC(C)(C)C)NCC1(CO)COC1. The smallest absolute Gasteiger partial charge is 0.0579 e. The Morgan fingerprint density at radius 1 is 1.44 bits per heavy atom. The fourth-order valence-corrected chi connectivity index (χ4v) is 2.33. The van der Waals surface area contributed by atoms with E-state index in [0.717, 1.165) is 12.3 Å². The standard InChI is InChI=1S/C12H25NO2S/c1-10(5-16-11(2,3)4)13-6-12(7-14)8-15-9-12/h10,13-14H,5-9H2,1-4H3. The lowest BCUT2D eigenvalue weighted by Gasteiger charge is -2.40. The molecule has 1 saturated heterocycles. The number of hydrogen-bond acceptors (Lipinski definition) is 4. The molecule has 0 saturated carbocycles. The molecule has 0 amide bonds. The van der Waals surface area contributed by atoms with Gasteiger partial charge in [-0.25, -0.2) is 0 Å². The first-order chi connectivity index (χ1) is 7.37. The second kappa shape index (κ2) is 5.71. The summed E-state index contributed by atoms with van der Waals surface area (Å²) in [6.07, 6.45) is 0. The van der Waals surface area contributed by atoms with Gasteiger partial charge in [0, 0.05) is 23.1 Å². The minimum Gasteiger partial charge on any atom is -0.396 e. The van der Waals surface area contributed by atoms with Crippen molar-refractivity contribution in [2.24, 2.45) is 5.41 Å². The predicted octanol–water partition coefficient (Wildman–Crippen LogP) is 1.51. The average molecular weight is 247 g/mol. The van der Waals surface area contributed by atoms with Crippen LogP contribution in [0.3, 0.4) is 0 Å². The third-order valence-electron chi connectivity index (χ3n) is 2.74. The van der Waals surface area contributed by atoms with E-state index in [1.165, 1.54) is 0 Å². The van der Waals surface area contributed by atoms with Gasteiger partial charge in [0.2, 0.25) is 0 Å². The van der Waals surface area contributed by atoms with Gasteiger partial charge in [0.25, 0.3) is 0 Å². The molecule has 1 atom stereocenters. The molecule has 0 spiro atoms. The Labute approximate surface area is 103 Å². The first-order valence-corrected chi connectivity index (χ1v) is 6.91. The van der Waals surface area contributed by atoms with E-state index in [0.29, 0.717) is 24.0 Å². The van der Waals surface area contributed by atoms with Gasteiger partial charge in [-0.3, -0.25) is 0 Å². The predicted molar refractivity (Wildman–Crippen MR) is 70.0 cm³/mol. The number of thioether (sulfide) groups is 1. The van der Waals surface area contributed by atoms with Gasteiger partial charge < -0.3 is 15.2 Å². The molecule has 3 nitrogen and oxygen atoms in total. The highest BCUT2D eigenvalue weighted by molar-refractivity contribution is 8.00. The number of rotatable bonds is 6. The van der Waals surface area contributed by atoms with Gasteiger partial charge in [0.1, 0.15) is 0 Å². The molecule has 0 bridgehead atoms. The molecule has 0 aromatic heterocycles. The minimum atomic E-state index is -0.0132. The van der Waals surface area contributed by atoms with Gasteiger partial charge in [0.15, 0.2) is 0 Å². The van der Waals surface area contributed by atoms with Crippen molar-refractivity contribution in [3.05, 3.63) is 0 Å². The molecule has 4 heteroatoms. The summed E-state index contributed by atoms with van der Waals surface area (Å²) in [6, 6.07) is 0.480. The third-order valence-corrected chi connectivity index (χ3v) is 4.28. The van der Waals surface area contributed by atoms with Gasteiger partial charge in [-0.1, -0.05) is 20.8 Å². The molecule has 16 heavy (non-hydrogen) atoms. The van der Waals surface area contributed by atoms with Crippen molar-refractivity contribution in [2.75, 3.05) is 32.1 Å². The zero-order chi connectivity index (χ0) is 12.2. The van der Waals surface area contributed by atoms with Crippen LogP contribution in [0.2, 0.25) is 0 Å². The Balaban J connectivity index is 2.17. The normalized spacial score (nSPS) is 21.6. The largest absolute Gasteiger partial charge is 0.396 e. The van der Waals surface area contributed by atoms with E-state index in [2.05, 4.69) is 33.0 Å². The molecule has 0 aromatic rings. The molecule has 0 aliphatic carbocycles. The minimum absolute atomic E-state index is 0.0132. The van der Waals surface area contributed by atoms with Crippen LogP contribution < -0.4 is 5.32 Å².